The first-order valence-electron chi connectivity index (χ1n) is 15.4. The molecule has 7 nitrogen and oxygen atoms in total. The maximum Gasteiger partial charge on any atom is 0.247 e. The zero-order valence-corrected chi connectivity index (χ0v) is 26.9. The number of thioether (sulfide) groups is 1. The Labute approximate surface area is 255 Å². The van der Waals surface area contributed by atoms with Gasteiger partial charge in [-0.2, -0.15) is 0 Å². The number of nitrogens with zero attached hydrogens (tertiary/aromatic N) is 3. The molecule has 8 heteroatoms. The Morgan fingerprint density at radius 2 is 1.69 bits per heavy atom. The average molecular weight is 594 g/mol. The molecule has 0 radical (unpaired) electrons. The number of anilines is 1. The van der Waals surface area contributed by atoms with Crippen molar-refractivity contribution in [2.75, 3.05) is 24.6 Å². The first-order chi connectivity index (χ1) is 19.8. The Kier molecular flexibility index (Phi) is 8.20. The normalized spacial score (nSPS) is 31.0. The topological polar surface area (TPSA) is 81.2 Å². The summed E-state index contributed by atoms with van der Waals surface area (Å²) in [5, 5.41) is 10.5. The molecule has 1 aromatic carbocycles. The molecule has 0 saturated carbocycles. The van der Waals surface area contributed by atoms with Crippen LogP contribution in [-0.4, -0.2) is 79.9 Å². The first-order valence-corrected chi connectivity index (χ1v) is 16.3. The number of hydrogen-bond donors (Lipinski definition) is 1. The summed E-state index contributed by atoms with van der Waals surface area (Å²) in [4.78, 5) is 49.5. The average Bonchev–Trinajstić information content (AvgIpc) is 3.23. The number of benzene rings is 1. The highest BCUT2D eigenvalue weighted by Gasteiger charge is 2.72. The highest BCUT2D eigenvalue weighted by molar-refractivity contribution is 8.02. The van der Waals surface area contributed by atoms with Crippen molar-refractivity contribution in [2.45, 2.75) is 88.9 Å². The highest BCUT2D eigenvalue weighted by Crippen LogP contribution is 2.62. The van der Waals surface area contributed by atoms with Crippen LogP contribution in [0.4, 0.5) is 5.69 Å². The van der Waals surface area contributed by atoms with Crippen LogP contribution in [-0.2, 0) is 14.4 Å². The van der Waals surface area contributed by atoms with Gasteiger partial charge in [-0.05, 0) is 43.7 Å². The van der Waals surface area contributed by atoms with Crippen LogP contribution in [0.3, 0.4) is 0 Å². The molecular weight excluding hydrogens is 546 g/mol. The van der Waals surface area contributed by atoms with Crippen LogP contribution in [0.2, 0.25) is 0 Å². The third-order valence-corrected chi connectivity index (χ3v) is 11.4. The minimum Gasteiger partial charge on any atom is -0.394 e. The van der Waals surface area contributed by atoms with Gasteiger partial charge in [-0.3, -0.25) is 14.4 Å². The number of carbonyl (C=O) groups is 3. The van der Waals surface area contributed by atoms with E-state index in [1.54, 1.807) is 21.6 Å². The number of hydrogen-bond acceptors (Lipinski definition) is 5. The number of rotatable bonds is 7. The third-order valence-electron chi connectivity index (χ3n) is 9.70. The molecule has 0 aromatic heterocycles. The van der Waals surface area contributed by atoms with Gasteiger partial charge in [0.25, 0.3) is 0 Å². The lowest BCUT2D eigenvalue weighted by atomic mass is 9.77. The zero-order chi connectivity index (χ0) is 30.6. The minimum absolute atomic E-state index is 0.0109. The predicted molar refractivity (Wildman–Crippen MR) is 169 cm³/mol. The fourth-order valence-electron chi connectivity index (χ4n) is 8.03. The van der Waals surface area contributed by atoms with Gasteiger partial charge in [-0.15, -0.1) is 11.8 Å². The van der Waals surface area contributed by atoms with E-state index in [4.69, 9.17) is 0 Å². The molecule has 4 aliphatic heterocycles. The Morgan fingerprint density at radius 1 is 1.00 bits per heavy atom. The van der Waals surface area contributed by atoms with Crippen molar-refractivity contribution in [3.05, 3.63) is 54.6 Å². The van der Waals surface area contributed by atoms with Gasteiger partial charge in [0.1, 0.15) is 6.04 Å². The molecule has 3 amide bonds. The van der Waals surface area contributed by atoms with E-state index < -0.39 is 34.2 Å². The fourth-order valence-corrected chi connectivity index (χ4v) is 10.0. The quantitative estimate of drug-likeness (QED) is 0.455. The summed E-state index contributed by atoms with van der Waals surface area (Å²) in [5.74, 6) is -1.70. The molecule has 2 saturated heterocycles. The molecule has 4 aliphatic rings. The molecule has 0 aliphatic carbocycles. The Morgan fingerprint density at radius 3 is 2.31 bits per heavy atom. The molecule has 0 bridgehead atoms. The monoisotopic (exact) mass is 593 g/mol. The molecule has 1 aromatic rings. The van der Waals surface area contributed by atoms with Crippen LogP contribution in [0.5, 0.6) is 0 Å². The molecule has 1 N–H and O–H groups in total. The van der Waals surface area contributed by atoms with E-state index in [1.807, 2.05) is 61.2 Å². The van der Waals surface area contributed by atoms with Crippen LogP contribution in [0.25, 0.3) is 0 Å². The van der Waals surface area contributed by atoms with E-state index in [1.165, 1.54) is 0 Å². The molecule has 2 fully saturated rings. The molecular formula is C34H47N3O4S. The van der Waals surface area contributed by atoms with E-state index in [2.05, 4.69) is 46.8 Å². The highest BCUT2D eigenvalue weighted by atomic mass is 32.2. The summed E-state index contributed by atoms with van der Waals surface area (Å²) < 4.78 is -0.906. The molecule has 42 heavy (non-hydrogen) atoms. The van der Waals surface area contributed by atoms with E-state index in [-0.39, 0.29) is 40.9 Å². The lowest BCUT2D eigenvalue weighted by Gasteiger charge is -2.46. The number of para-hydroxylation sites is 1. The number of aliphatic hydroxyl groups excluding tert-OH is 1. The smallest absolute Gasteiger partial charge is 0.247 e. The Hall–Kier alpha value is -2.58. The van der Waals surface area contributed by atoms with Gasteiger partial charge in [-0.25, -0.2) is 0 Å². The Balaban J connectivity index is 1.64. The van der Waals surface area contributed by atoms with Gasteiger partial charge in [0.15, 0.2) is 0 Å². The summed E-state index contributed by atoms with van der Waals surface area (Å²) in [7, 11) is 0. The van der Waals surface area contributed by atoms with Gasteiger partial charge >= 0.3 is 0 Å². The number of likely N-dealkylation sites (tertiary alicyclic amines) is 1. The van der Waals surface area contributed by atoms with Crippen molar-refractivity contribution >= 4 is 35.2 Å². The summed E-state index contributed by atoms with van der Waals surface area (Å²) in [6.07, 6.45) is 9.76. The molecule has 1 spiro atoms. The molecule has 4 heterocycles. The predicted octanol–water partition coefficient (Wildman–Crippen LogP) is 4.91. The van der Waals surface area contributed by atoms with Gasteiger partial charge in [0, 0.05) is 29.6 Å². The fraction of sp³-hybridized carbons (Fsp3) is 0.618. The van der Waals surface area contributed by atoms with Crippen molar-refractivity contribution < 1.29 is 19.5 Å². The van der Waals surface area contributed by atoms with Crippen molar-refractivity contribution in [2.24, 2.45) is 23.2 Å². The van der Waals surface area contributed by atoms with Gasteiger partial charge in [-0.1, -0.05) is 83.5 Å². The van der Waals surface area contributed by atoms with Crippen molar-refractivity contribution in [3.63, 3.8) is 0 Å². The summed E-state index contributed by atoms with van der Waals surface area (Å²) >= 11 is 1.60. The maximum absolute atomic E-state index is 14.9. The molecule has 5 rings (SSSR count). The molecule has 7 atom stereocenters. The number of fused-ring (bicyclic) bond motifs is 2. The standard InChI is InChI=1S/C34H47N3O4S/c1-8-22(2)24(20-38)37-28-31(41)36(33(6,7)21-32(3,4)5)19-13-17-34(28)27(30(37)40)26-25(42-34)16-12-18-35(29(26)39)23-14-10-9-11-15-23/h9-17,22,24-28,38H,8,18-21H2,1-7H3/t22-,24-,25-,26+,27-,28?,34-/m0/s1. The van der Waals surface area contributed by atoms with Crippen LogP contribution >= 0.6 is 11.8 Å². The lowest BCUT2D eigenvalue weighted by Crippen LogP contribution is -2.61. The molecule has 228 valence electrons. The second-order valence-corrected chi connectivity index (χ2v) is 15.8. The summed E-state index contributed by atoms with van der Waals surface area (Å²) in [6.45, 7) is 15.5. The second kappa shape index (κ2) is 11.2. The SMILES string of the molecule is CC[C@H](C)[C@H](CO)N1C(=O)[C@@H]2[C@@H]3C(=O)N(c4ccccc4)CC=C[C@@H]3S[C@@]23C=CCN(C(C)(C)CC(C)(C)C)C(=O)C13. The van der Waals surface area contributed by atoms with Gasteiger partial charge < -0.3 is 19.8 Å². The van der Waals surface area contributed by atoms with Crippen molar-refractivity contribution in [3.8, 4) is 0 Å². The van der Waals surface area contributed by atoms with Crippen LogP contribution < -0.4 is 4.90 Å². The summed E-state index contributed by atoms with van der Waals surface area (Å²) in [6, 6.07) is 8.27. The first kappa shape index (κ1) is 30.9. The number of aliphatic hydroxyl groups is 1. The lowest BCUT2D eigenvalue weighted by molar-refractivity contribution is -0.150. The van der Waals surface area contributed by atoms with Crippen LogP contribution in [0.1, 0.15) is 61.3 Å². The van der Waals surface area contributed by atoms with E-state index >= 15 is 0 Å². The third kappa shape index (κ3) is 5.02. The Bertz CT molecular complexity index is 1270. The minimum atomic E-state index is -0.906. The van der Waals surface area contributed by atoms with E-state index in [0.717, 1.165) is 18.5 Å². The molecule has 1 unspecified atom stereocenters. The van der Waals surface area contributed by atoms with E-state index in [9.17, 15) is 19.5 Å². The second-order valence-electron chi connectivity index (χ2n) is 14.3. The largest absolute Gasteiger partial charge is 0.394 e. The maximum atomic E-state index is 14.9. The zero-order valence-electron chi connectivity index (χ0n) is 26.1. The van der Waals surface area contributed by atoms with Crippen molar-refractivity contribution in [1.82, 2.24) is 9.80 Å². The van der Waals surface area contributed by atoms with Crippen LogP contribution in [0.15, 0.2) is 54.6 Å². The number of amides is 3. The van der Waals surface area contributed by atoms with Crippen molar-refractivity contribution in [1.29, 1.82) is 0 Å². The number of carbonyl (C=O) groups excluding carboxylic acids is 3. The van der Waals surface area contributed by atoms with Crippen LogP contribution in [0, 0.1) is 23.2 Å². The summed E-state index contributed by atoms with van der Waals surface area (Å²) in [5.41, 5.74) is 0.326. The van der Waals surface area contributed by atoms with E-state index in [0.29, 0.717) is 13.1 Å². The van der Waals surface area contributed by atoms with Gasteiger partial charge in [0.2, 0.25) is 17.7 Å². The van der Waals surface area contributed by atoms with Gasteiger partial charge in [0.05, 0.1) is 29.2 Å².